The number of amides is 1. The number of nitrogens with zero attached hydrogens (tertiary/aromatic N) is 2. The third-order valence-electron chi connectivity index (χ3n) is 4.33. The van der Waals surface area contributed by atoms with Crippen LogP contribution in [0.15, 0.2) is 18.2 Å². The van der Waals surface area contributed by atoms with Gasteiger partial charge in [0.25, 0.3) is 16.1 Å². The van der Waals surface area contributed by atoms with Crippen LogP contribution in [0.5, 0.6) is 5.75 Å². The molecule has 9 heteroatoms. The van der Waals surface area contributed by atoms with Crippen LogP contribution in [0.4, 0.5) is 4.39 Å². The molecule has 25 heavy (non-hydrogen) atoms. The summed E-state index contributed by atoms with van der Waals surface area (Å²) in [5, 5.41) is 2.82. The zero-order valence-electron chi connectivity index (χ0n) is 14.7. The van der Waals surface area contributed by atoms with E-state index in [0.717, 1.165) is 0 Å². The molecule has 0 spiro atoms. The highest BCUT2D eigenvalue weighted by Gasteiger charge is 2.29. The van der Waals surface area contributed by atoms with E-state index < -0.39 is 16.0 Å². The SMILES string of the molecule is COc1cc(C(=O)NCC2CCN(S(=O)(=O)N(C)C)CC2)ccc1F. The quantitative estimate of drug-likeness (QED) is 0.809. The van der Waals surface area contributed by atoms with Crippen LogP contribution in [0.2, 0.25) is 0 Å². The van der Waals surface area contributed by atoms with Gasteiger partial charge in [0.05, 0.1) is 7.11 Å². The molecule has 1 aromatic rings. The van der Waals surface area contributed by atoms with E-state index in [9.17, 15) is 17.6 Å². The summed E-state index contributed by atoms with van der Waals surface area (Å²) in [7, 11) is 0.988. The van der Waals surface area contributed by atoms with Crippen LogP contribution in [0, 0.1) is 11.7 Å². The van der Waals surface area contributed by atoms with Crippen molar-refractivity contribution in [1.29, 1.82) is 0 Å². The number of nitrogens with one attached hydrogen (secondary N) is 1. The lowest BCUT2D eigenvalue weighted by Gasteiger charge is -2.32. The number of carbonyl (C=O) groups excluding carboxylic acids is 1. The first kappa shape index (κ1) is 19.6. The Morgan fingerprint density at radius 2 is 2.00 bits per heavy atom. The molecular formula is C16H24FN3O4S. The molecule has 1 aliphatic rings. The summed E-state index contributed by atoms with van der Waals surface area (Å²) in [6, 6.07) is 3.95. The predicted octanol–water partition coefficient (Wildman–Crippen LogP) is 1.08. The van der Waals surface area contributed by atoms with Crippen molar-refractivity contribution in [2.24, 2.45) is 5.92 Å². The Bertz CT molecular complexity index is 716. The molecule has 1 amide bonds. The standard InChI is InChI=1S/C16H24FN3O4S/c1-19(2)25(22,23)20-8-6-12(7-9-20)11-18-16(21)13-4-5-14(17)15(10-13)24-3/h4-5,10,12H,6-9,11H2,1-3H3,(H,18,21). The number of rotatable bonds is 6. The topological polar surface area (TPSA) is 79.0 Å². The fourth-order valence-corrected chi connectivity index (χ4v) is 3.85. The van der Waals surface area contributed by atoms with E-state index in [1.54, 1.807) is 0 Å². The van der Waals surface area contributed by atoms with E-state index in [1.165, 1.54) is 48.0 Å². The zero-order chi connectivity index (χ0) is 18.6. The van der Waals surface area contributed by atoms with E-state index in [2.05, 4.69) is 5.32 Å². The molecule has 0 bridgehead atoms. The third kappa shape index (κ3) is 4.68. The van der Waals surface area contributed by atoms with Crippen molar-refractivity contribution in [3.63, 3.8) is 0 Å². The normalized spacial score (nSPS) is 16.8. The molecule has 0 saturated carbocycles. The van der Waals surface area contributed by atoms with Gasteiger partial charge in [0, 0.05) is 39.3 Å². The molecule has 1 fully saturated rings. The molecule has 2 rings (SSSR count). The molecule has 0 aromatic heterocycles. The first-order valence-corrected chi connectivity index (χ1v) is 9.44. The second-order valence-electron chi connectivity index (χ2n) is 6.19. The van der Waals surface area contributed by atoms with Crippen LogP contribution >= 0.6 is 0 Å². The van der Waals surface area contributed by atoms with Gasteiger partial charge in [0.15, 0.2) is 11.6 Å². The van der Waals surface area contributed by atoms with Crippen LogP contribution < -0.4 is 10.1 Å². The number of piperidine rings is 1. The van der Waals surface area contributed by atoms with Gasteiger partial charge < -0.3 is 10.1 Å². The Balaban J connectivity index is 1.86. The summed E-state index contributed by atoms with van der Waals surface area (Å²) >= 11 is 0. The molecule has 1 heterocycles. The minimum Gasteiger partial charge on any atom is -0.494 e. The van der Waals surface area contributed by atoms with E-state index in [1.807, 2.05) is 0 Å². The molecule has 0 atom stereocenters. The van der Waals surface area contributed by atoms with Gasteiger partial charge in [-0.1, -0.05) is 0 Å². The van der Waals surface area contributed by atoms with Gasteiger partial charge >= 0.3 is 0 Å². The fraction of sp³-hybridized carbons (Fsp3) is 0.562. The molecule has 0 aliphatic carbocycles. The van der Waals surface area contributed by atoms with Gasteiger partial charge in [0.2, 0.25) is 0 Å². The van der Waals surface area contributed by atoms with Crippen molar-refractivity contribution < 1.29 is 22.3 Å². The average Bonchev–Trinajstić information content (AvgIpc) is 2.60. The second-order valence-corrected chi connectivity index (χ2v) is 8.33. The Labute approximate surface area is 147 Å². The number of hydrogen-bond acceptors (Lipinski definition) is 4. The lowest BCUT2D eigenvalue weighted by Crippen LogP contribution is -2.45. The van der Waals surface area contributed by atoms with Crippen LogP contribution in [-0.2, 0) is 10.2 Å². The molecule has 0 radical (unpaired) electrons. The van der Waals surface area contributed by atoms with Gasteiger partial charge in [-0.15, -0.1) is 0 Å². The molecule has 7 nitrogen and oxygen atoms in total. The number of halogens is 1. The van der Waals surface area contributed by atoms with Crippen molar-refractivity contribution >= 4 is 16.1 Å². The Kier molecular flexibility index (Phi) is 6.36. The van der Waals surface area contributed by atoms with Crippen LogP contribution in [0.25, 0.3) is 0 Å². The largest absolute Gasteiger partial charge is 0.494 e. The molecule has 140 valence electrons. The second kappa shape index (κ2) is 8.11. The first-order valence-electron chi connectivity index (χ1n) is 8.05. The minimum absolute atomic E-state index is 0.0230. The summed E-state index contributed by atoms with van der Waals surface area (Å²) in [6.07, 6.45) is 1.36. The predicted molar refractivity (Wildman–Crippen MR) is 92.2 cm³/mol. The van der Waals surface area contributed by atoms with Gasteiger partial charge in [0.1, 0.15) is 0 Å². The summed E-state index contributed by atoms with van der Waals surface area (Å²) in [5.41, 5.74) is 0.325. The van der Waals surface area contributed by atoms with Crippen LogP contribution in [0.1, 0.15) is 23.2 Å². The summed E-state index contributed by atoms with van der Waals surface area (Å²) in [4.78, 5) is 12.2. The molecule has 1 saturated heterocycles. The maximum absolute atomic E-state index is 13.4. The van der Waals surface area contributed by atoms with E-state index >= 15 is 0 Å². The number of hydrogen-bond donors (Lipinski definition) is 1. The first-order chi connectivity index (χ1) is 11.8. The van der Waals surface area contributed by atoms with Crippen molar-refractivity contribution in [3.8, 4) is 5.75 Å². The van der Waals surface area contributed by atoms with E-state index in [0.29, 0.717) is 38.0 Å². The van der Waals surface area contributed by atoms with Crippen LogP contribution in [-0.4, -0.2) is 63.8 Å². The lowest BCUT2D eigenvalue weighted by molar-refractivity contribution is 0.0941. The van der Waals surface area contributed by atoms with Crippen molar-refractivity contribution in [2.45, 2.75) is 12.8 Å². The van der Waals surface area contributed by atoms with E-state index in [-0.39, 0.29) is 17.6 Å². The number of carbonyl (C=O) groups is 1. The Hall–Kier alpha value is -1.71. The zero-order valence-corrected chi connectivity index (χ0v) is 15.5. The number of ether oxygens (including phenoxy) is 1. The Morgan fingerprint density at radius 3 is 2.56 bits per heavy atom. The third-order valence-corrected chi connectivity index (χ3v) is 6.27. The molecule has 1 aromatic carbocycles. The molecule has 1 aliphatic heterocycles. The minimum atomic E-state index is -3.38. The number of benzene rings is 1. The van der Waals surface area contributed by atoms with Crippen molar-refractivity contribution in [2.75, 3.05) is 40.8 Å². The highest BCUT2D eigenvalue weighted by atomic mass is 32.2. The van der Waals surface area contributed by atoms with Gasteiger partial charge in [-0.05, 0) is 37.0 Å². The maximum atomic E-state index is 13.4. The molecular weight excluding hydrogens is 349 g/mol. The van der Waals surface area contributed by atoms with Gasteiger partial charge in [-0.2, -0.15) is 17.0 Å². The van der Waals surface area contributed by atoms with E-state index in [4.69, 9.17) is 4.74 Å². The van der Waals surface area contributed by atoms with Crippen molar-refractivity contribution in [1.82, 2.24) is 13.9 Å². The fourth-order valence-electron chi connectivity index (χ4n) is 2.72. The Morgan fingerprint density at radius 1 is 1.36 bits per heavy atom. The molecule has 0 unspecified atom stereocenters. The van der Waals surface area contributed by atoms with Crippen LogP contribution in [0.3, 0.4) is 0 Å². The highest BCUT2D eigenvalue weighted by Crippen LogP contribution is 2.21. The van der Waals surface area contributed by atoms with Gasteiger partial charge in [-0.25, -0.2) is 4.39 Å². The maximum Gasteiger partial charge on any atom is 0.281 e. The smallest absolute Gasteiger partial charge is 0.281 e. The monoisotopic (exact) mass is 373 g/mol. The van der Waals surface area contributed by atoms with Gasteiger partial charge in [-0.3, -0.25) is 4.79 Å². The average molecular weight is 373 g/mol. The van der Waals surface area contributed by atoms with Crippen molar-refractivity contribution in [3.05, 3.63) is 29.6 Å². The lowest BCUT2D eigenvalue weighted by atomic mass is 9.98. The summed E-state index contributed by atoms with van der Waals surface area (Å²) in [5.74, 6) is -0.593. The number of methoxy groups -OCH3 is 1. The summed E-state index contributed by atoms with van der Waals surface area (Å²) < 4.78 is 45.1. The highest BCUT2D eigenvalue weighted by molar-refractivity contribution is 7.86. The molecule has 1 N–H and O–H groups in total. The summed E-state index contributed by atoms with van der Waals surface area (Å²) in [6.45, 7) is 1.32.